The first-order valence-corrected chi connectivity index (χ1v) is 6.78. The highest BCUT2D eigenvalue weighted by atomic mass is 16.3. The summed E-state index contributed by atoms with van der Waals surface area (Å²) in [4.78, 5) is 14.6. The van der Waals surface area contributed by atoms with Gasteiger partial charge in [0.05, 0.1) is 6.26 Å². The van der Waals surface area contributed by atoms with E-state index in [4.69, 9.17) is 4.42 Å². The Bertz CT molecular complexity index is 454. The van der Waals surface area contributed by atoms with E-state index in [0.717, 1.165) is 31.6 Å². The van der Waals surface area contributed by atoms with E-state index >= 15 is 0 Å². The normalized spacial score (nSPS) is 30.8. The lowest BCUT2D eigenvalue weighted by Gasteiger charge is -2.26. The fourth-order valence-electron chi connectivity index (χ4n) is 3.50. The Labute approximate surface area is 107 Å². The number of amides is 1. The van der Waals surface area contributed by atoms with Crippen molar-refractivity contribution in [2.24, 2.45) is 11.8 Å². The van der Waals surface area contributed by atoms with Gasteiger partial charge in [-0.3, -0.25) is 4.79 Å². The van der Waals surface area contributed by atoms with E-state index in [2.05, 4.69) is 12.2 Å². The predicted molar refractivity (Wildman–Crippen MR) is 68.4 cm³/mol. The van der Waals surface area contributed by atoms with E-state index in [1.54, 1.807) is 6.26 Å². The molecule has 3 unspecified atom stereocenters. The average molecular weight is 248 g/mol. The van der Waals surface area contributed by atoms with Gasteiger partial charge in [-0.2, -0.15) is 0 Å². The molecule has 1 N–H and O–H groups in total. The lowest BCUT2D eigenvalue weighted by atomic mass is 9.93. The summed E-state index contributed by atoms with van der Waals surface area (Å²) in [7, 11) is 0. The van der Waals surface area contributed by atoms with Gasteiger partial charge in [-0.1, -0.05) is 6.92 Å². The van der Waals surface area contributed by atoms with Gasteiger partial charge in [0.15, 0.2) is 5.76 Å². The lowest BCUT2D eigenvalue weighted by molar-refractivity contribution is 0.0678. The van der Waals surface area contributed by atoms with E-state index in [1.165, 1.54) is 0 Å². The number of carbonyl (C=O) groups is 1. The molecule has 2 fully saturated rings. The predicted octanol–water partition coefficient (Wildman–Crippen LogP) is 1.66. The van der Waals surface area contributed by atoms with Gasteiger partial charge < -0.3 is 14.6 Å². The molecule has 3 rings (SSSR count). The summed E-state index contributed by atoms with van der Waals surface area (Å²) in [5, 5.41) is 3.43. The van der Waals surface area contributed by atoms with E-state index in [1.807, 2.05) is 17.9 Å². The number of nitrogens with one attached hydrogen (secondary N) is 1. The first-order chi connectivity index (χ1) is 8.72. The molecule has 2 aliphatic rings. The third kappa shape index (κ3) is 1.67. The van der Waals surface area contributed by atoms with Crippen molar-refractivity contribution in [2.75, 3.05) is 19.6 Å². The van der Waals surface area contributed by atoms with Crippen molar-refractivity contribution >= 4 is 5.91 Å². The molecule has 0 saturated carbocycles. The maximum atomic E-state index is 12.5. The Hall–Kier alpha value is -1.29. The molecule has 4 nitrogen and oxygen atoms in total. The van der Waals surface area contributed by atoms with Crippen LogP contribution in [0.1, 0.15) is 29.5 Å². The Morgan fingerprint density at radius 1 is 1.56 bits per heavy atom. The van der Waals surface area contributed by atoms with Gasteiger partial charge in [-0.15, -0.1) is 0 Å². The topological polar surface area (TPSA) is 45.5 Å². The Balaban J connectivity index is 1.84. The summed E-state index contributed by atoms with van der Waals surface area (Å²) < 4.78 is 5.35. The number of rotatable bonds is 2. The molecule has 0 spiro atoms. The molecule has 98 valence electrons. The highest BCUT2D eigenvalue weighted by Gasteiger charge is 2.45. The quantitative estimate of drug-likeness (QED) is 0.865. The minimum atomic E-state index is 0.0683. The molecule has 3 heterocycles. The number of aryl methyl sites for hydroxylation is 1. The van der Waals surface area contributed by atoms with Crippen LogP contribution in [0.3, 0.4) is 0 Å². The number of nitrogens with zero attached hydrogens (tertiary/aromatic N) is 1. The molecular weight excluding hydrogens is 228 g/mol. The standard InChI is InChI=1S/C14H20N2O2/c1-3-12-11-7-15-6-10(11)8-16(12)14(17)13-9(2)4-5-18-13/h4-5,10-12,15H,3,6-8H2,1-2H3. The van der Waals surface area contributed by atoms with Crippen LogP contribution in [0.5, 0.6) is 0 Å². The molecule has 2 aliphatic heterocycles. The van der Waals surface area contributed by atoms with Crippen molar-refractivity contribution in [1.29, 1.82) is 0 Å². The zero-order valence-electron chi connectivity index (χ0n) is 11.0. The van der Waals surface area contributed by atoms with Gasteiger partial charge in [0.1, 0.15) is 0 Å². The van der Waals surface area contributed by atoms with Crippen LogP contribution in [0, 0.1) is 18.8 Å². The Morgan fingerprint density at radius 2 is 2.39 bits per heavy atom. The molecular formula is C14H20N2O2. The van der Waals surface area contributed by atoms with Crippen LogP contribution in [0.4, 0.5) is 0 Å². The zero-order chi connectivity index (χ0) is 12.7. The number of likely N-dealkylation sites (tertiary alicyclic amines) is 1. The van der Waals surface area contributed by atoms with Gasteiger partial charge in [-0.05, 0) is 31.2 Å². The highest BCUT2D eigenvalue weighted by molar-refractivity contribution is 5.93. The smallest absolute Gasteiger partial charge is 0.290 e. The fraction of sp³-hybridized carbons (Fsp3) is 0.643. The van der Waals surface area contributed by atoms with Crippen LogP contribution >= 0.6 is 0 Å². The maximum absolute atomic E-state index is 12.5. The molecule has 4 heteroatoms. The van der Waals surface area contributed by atoms with Crippen molar-refractivity contribution in [3.63, 3.8) is 0 Å². The molecule has 0 aromatic carbocycles. The zero-order valence-corrected chi connectivity index (χ0v) is 11.0. The number of furan rings is 1. The number of fused-ring (bicyclic) bond motifs is 1. The van der Waals surface area contributed by atoms with E-state index < -0.39 is 0 Å². The molecule has 1 aromatic rings. The van der Waals surface area contributed by atoms with Crippen LogP contribution < -0.4 is 5.32 Å². The molecule has 18 heavy (non-hydrogen) atoms. The van der Waals surface area contributed by atoms with E-state index in [9.17, 15) is 4.79 Å². The fourth-order valence-corrected chi connectivity index (χ4v) is 3.50. The minimum absolute atomic E-state index is 0.0683. The van der Waals surface area contributed by atoms with Gasteiger partial charge >= 0.3 is 0 Å². The number of hydrogen-bond acceptors (Lipinski definition) is 3. The molecule has 3 atom stereocenters. The molecule has 0 aliphatic carbocycles. The number of carbonyl (C=O) groups excluding carboxylic acids is 1. The van der Waals surface area contributed by atoms with Gasteiger partial charge in [-0.25, -0.2) is 0 Å². The van der Waals surface area contributed by atoms with E-state index in [0.29, 0.717) is 23.6 Å². The van der Waals surface area contributed by atoms with Crippen molar-refractivity contribution in [1.82, 2.24) is 10.2 Å². The van der Waals surface area contributed by atoms with Crippen LogP contribution in [-0.2, 0) is 0 Å². The van der Waals surface area contributed by atoms with Crippen molar-refractivity contribution < 1.29 is 9.21 Å². The van der Waals surface area contributed by atoms with Crippen molar-refractivity contribution in [2.45, 2.75) is 26.3 Å². The van der Waals surface area contributed by atoms with Crippen LogP contribution in [0.15, 0.2) is 16.7 Å². The molecule has 0 radical (unpaired) electrons. The lowest BCUT2D eigenvalue weighted by Crippen LogP contribution is -2.39. The largest absolute Gasteiger partial charge is 0.459 e. The third-order valence-electron chi connectivity index (χ3n) is 4.45. The van der Waals surface area contributed by atoms with Crippen LogP contribution in [0.2, 0.25) is 0 Å². The molecule has 0 bridgehead atoms. The Kier molecular flexibility index (Phi) is 2.90. The van der Waals surface area contributed by atoms with Crippen molar-refractivity contribution in [3.05, 3.63) is 23.7 Å². The first-order valence-electron chi connectivity index (χ1n) is 6.78. The summed E-state index contributed by atoms with van der Waals surface area (Å²) in [5.74, 6) is 1.82. The highest BCUT2D eigenvalue weighted by Crippen LogP contribution is 2.35. The Morgan fingerprint density at radius 3 is 3.06 bits per heavy atom. The SMILES string of the molecule is CCC1C2CNCC2CN1C(=O)c1occc1C. The van der Waals surface area contributed by atoms with Crippen LogP contribution in [0.25, 0.3) is 0 Å². The summed E-state index contributed by atoms with van der Waals surface area (Å²) in [6, 6.07) is 2.22. The maximum Gasteiger partial charge on any atom is 0.290 e. The summed E-state index contributed by atoms with van der Waals surface area (Å²) in [6.45, 7) is 7.05. The monoisotopic (exact) mass is 248 g/mol. The van der Waals surface area contributed by atoms with Gasteiger partial charge in [0.2, 0.25) is 0 Å². The average Bonchev–Trinajstić information content (AvgIpc) is 3.01. The van der Waals surface area contributed by atoms with E-state index in [-0.39, 0.29) is 5.91 Å². The second-order valence-electron chi connectivity index (χ2n) is 5.45. The minimum Gasteiger partial charge on any atom is -0.459 e. The summed E-state index contributed by atoms with van der Waals surface area (Å²) in [6.07, 6.45) is 2.62. The third-order valence-corrected chi connectivity index (χ3v) is 4.45. The molecule has 2 saturated heterocycles. The van der Waals surface area contributed by atoms with Gasteiger partial charge in [0, 0.05) is 31.2 Å². The van der Waals surface area contributed by atoms with Crippen LogP contribution in [-0.4, -0.2) is 36.5 Å². The van der Waals surface area contributed by atoms with Gasteiger partial charge in [0.25, 0.3) is 5.91 Å². The second kappa shape index (κ2) is 4.43. The van der Waals surface area contributed by atoms with Crippen molar-refractivity contribution in [3.8, 4) is 0 Å². The molecule has 1 aromatic heterocycles. The molecule has 1 amide bonds. The summed E-state index contributed by atoms with van der Waals surface area (Å²) in [5.41, 5.74) is 0.935. The second-order valence-corrected chi connectivity index (χ2v) is 5.45. The summed E-state index contributed by atoms with van der Waals surface area (Å²) >= 11 is 0. The number of hydrogen-bond donors (Lipinski definition) is 1. The first kappa shape index (κ1) is 11.8.